The number of para-hydroxylation sites is 2. The Hall–Kier alpha value is -3.16. The van der Waals surface area contributed by atoms with Gasteiger partial charge in [-0.2, -0.15) is 0 Å². The van der Waals surface area contributed by atoms with Crippen LogP contribution in [0.5, 0.6) is 5.75 Å². The van der Waals surface area contributed by atoms with Crippen LogP contribution in [0.1, 0.15) is 37.1 Å². The third-order valence-electron chi connectivity index (χ3n) is 5.00. The molecule has 1 aliphatic rings. The second-order valence-electron chi connectivity index (χ2n) is 7.44. The predicted octanol–water partition coefficient (Wildman–Crippen LogP) is 4.16. The van der Waals surface area contributed by atoms with E-state index in [9.17, 15) is 4.79 Å². The Labute approximate surface area is 181 Å². The molecule has 162 valence electrons. The van der Waals surface area contributed by atoms with E-state index >= 15 is 0 Å². The summed E-state index contributed by atoms with van der Waals surface area (Å²) in [5, 5.41) is 0. The molecule has 1 aliphatic heterocycles. The summed E-state index contributed by atoms with van der Waals surface area (Å²) in [6, 6.07) is 15.6. The lowest BCUT2D eigenvalue weighted by Gasteiger charge is -2.21. The van der Waals surface area contributed by atoms with Crippen molar-refractivity contribution < 1.29 is 19.1 Å². The largest absolute Gasteiger partial charge is 0.494 e. The number of aromatic nitrogens is 2. The number of aryl methyl sites for hydroxylation is 1. The van der Waals surface area contributed by atoms with Crippen molar-refractivity contribution in [1.29, 1.82) is 0 Å². The number of rotatable bonds is 9. The zero-order valence-corrected chi connectivity index (χ0v) is 17.4. The monoisotopic (exact) mass is 421 g/mol. The first-order chi connectivity index (χ1) is 15.3. The molecule has 1 amide bonds. The van der Waals surface area contributed by atoms with Gasteiger partial charge in [-0.05, 0) is 55.2 Å². The van der Waals surface area contributed by atoms with Crippen LogP contribution in [-0.2, 0) is 20.8 Å². The molecule has 2 aromatic carbocycles. The number of ether oxygens (including phenoxy) is 2. The number of fused-ring (bicyclic) bond motifs is 1. The van der Waals surface area contributed by atoms with Gasteiger partial charge in [0.2, 0.25) is 0 Å². The van der Waals surface area contributed by atoms with Crippen LogP contribution in [0.25, 0.3) is 17.1 Å². The summed E-state index contributed by atoms with van der Waals surface area (Å²) >= 11 is 0. The van der Waals surface area contributed by atoms with Gasteiger partial charge in [-0.3, -0.25) is 4.79 Å². The number of imidazole rings is 1. The van der Waals surface area contributed by atoms with E-state index in [-0.39, 0.29) is 12.2 Å². The highest BCUT2D eigenvalue weighted by Crippen LogP contribution is 2.15. The number of hydroxylamine groups is 1. The van der Waals surface area contributed by atoms with Gasteiger partial charge in [0, 0.05) is 25.5 Å². The predicted molar refractivity (Wildman–Crippen MR) is 118 cm³/mol. The number of benzene rings is 2. The van der Waals surface area contributed by atoms with Gasteiger partial charge in [-0.15, -0.1) is 0 Å². The van der Waals surface area contributed by atoms with Crippen LogP contribution in [0.15, 0.2) is 54.6 Å². The number of nitrogens with one attached hydrogen (secondary N) is 2. The Morgan fingerprint density at radius 3 is 2.87 bits per heavy atom. The first kappa shape index (κ1) is 21.1. The Morgan fingerprint density at radius 1 is 1.19 bits per heavy atom. The summed E-state index contributed by atoms with van der Waals surface area (Å²) in [6.07, 6.45) is 7.39. The first-order valence-corrected chi connectivity index (χ1v) is 10.7. The van der Waals surface area contributed by atoms with E-state index in [1.54, 1.807) is 6.08 Å². The smallest absolute Gasteiger partial charge is 0.267 e. The second kappa shape index (κ2) is 10.7. The Bertz CT molecular complexity index is 974. The number of carbonyl (C=O) groups excluding carboxylic acids is 1. The maximum Gasteiger partial charge on any atom is 0.267 e. The number of H-pyrrole nitrogens is 1. The molecule has 1 atom stereocenters. The number of amides is 1. The van der Waals surface area contributed by atoms with Crippen LogP contribution in [0, 0.1) is 0 Å². The molecule has 1 unspecified atom stereocenters. The average molecular weight is 421 g/mol. The Balaban J connectivity index is 1.16. The molecule has 31 heavy (non-hydrogen) atoms. The zero-order chi connectivity index (χ0) is 21.3. The van der Waals surface area contributed by atoms with Crippen LogP contribution >= 0.6 is 0 Å². The Kier molecular flexibility index (Phi) is 7.31. The fourth-order valence-corrected chi connectivity index (χ4v) is 3.36. The Morgan fingerprint density at radius 2 is 2.06 bits per heavy atom. The van der Waals surface area contributed by atoms with E-state index < -0.39 is 0 Å². The van der Waals surface area contributed by atoms with Crippen molar-refractivity contribution >= 4 is 23.0 Å². The summed E-state index contributed by atoms with van der Waals surface area (Å²) in [6.45, 7) is 1.28. The second-order valence-corrected chi connectivity index (χ2v) is 7.44. The zero-order valence-electron chi connectivity index (χ0n) is 17.4. The normalized spacial score (nSPS) is 16.6. The molecular weight excluding hydrogens is 394 g/mol. The molecular formula is C24H27N3O4. The van der Waals surface area contributed by atoms with Gasteiger partial charge in [0.25, 0.3) is 5.91 Å². The number of nitrogens with zero attached hydrogens (tertiary/aromatic N) is 1. The summed E-state index contributed by atoms with van der Waals surface area (Å²) in [4.78, 5) is 25.0. The number of hydrogen-bond acceptors (Lipinski definition) is 5. The molecule has 7 nitrogen and oxygen atoms in total. The van der Waals surface area contributed by atoms with Crippen molar-refractivity contribution in [3.05, 3.63) is 66.0 Å². The minimum Gasteiger partial charge on any atom is -0.494 e. The molecule has 0 radical (unpaired) electrons. The molecule has 1 fully saturated rings. The van der Waals surface area contributed by atoms with E-state index in [4.69, 9.17) is 14.3 Å². The lowest BCUT2D eigenvalue weighted by atomic mass is 10.2. The van der Waals surface area contributed by atoms with E-state index in [0.717, 1.165) is 60.3 Å². The van der Waals surface area contributed by atoms with Crippen molar-refractivity contribution in [2.24, 2.45) is 0 Å². The minimum atomic E-state index is -0.352. The van der Waals surface area contributed by atoms with Crippen molar-refractivity contribution in [3.63, 3.8) is 0 Å². The van der Waals surface area contributed by atoms with Crippen molar-refractivity contribution in [3.8, 4) is 5.75 Å². The quantitative estimate of drug-likeness (QED) is 0.308. The number of carbonyl (C=O) groups is 1. The van der Waals surface area contributed by atoms with Crippen LogP contribution in [0.4, 0.5) is 0 Å². The fourth-order valence-electron chi connectivity index (χ4n) is 3.36. The fraction of sp³-hybridized carbons (Fsp3) is 0.333. The summed E-state index contributed by atoms with van der Waals surface area (Å²) < 4.78 is 11.2. The van der Waals surface area contributed by atoms with Crippen LogP contribution < -0.4 is 10.2 Å². The van der Waals surface area contributed by atoms with E-state index in [2.05, 4.69) is 15.4 Å². The standard InChI is InChI=1S/C24H27N3O4/c28-23(27-31-24-9-3-4-16-30-24)15-12-18-10-13-19(14-11-18)29-17-5-8-22-25-20-6-1-2-7-21(20)26-22/h1-2,6-7,10-15,24H,3-5,8-9,16-17H2,(H,25,26)(H,27,28)/b15-12+. The molecule has 0 spiro atoms. The SMILES string of the molecule is O=C(/C=C/c1ccc(OCCCc2nc3ccccc3[nH]2)cc1)NOC1CCCCO1. The van der Waals surface area contributed by atoms with Gasteiger partial charge in [-0.25, -0.2) is 15.3 Å². The maximum atomic E-state index is 11.9. The highest BCUT2D eigenvalue weighted by atomic mass is 16.8. The number of hydrogen-bond donors (Lipinski definition) is 2. The summed E-state index contributed by atoms with van der Waals surface area (Å²) in [7, 11) is 0. The summed E-state index contributed by atoms with van der Waals surface area (Å²) in [5.74, 6) is 1.45. The minimum absolute atomic E-state index is 0.319. The van der Waals surface area contributed by atoms with Gasteiger partial charge in [0.05, 0.1) is 17.6 Å². The molecule has 0 bridgehead atoms. The van der Waals surface area contributed by atoms with Crippen LogP contribution in [0.2, 0.25) is 0 Å². The third kappa shape index (κ3) is 6.41. The van der Waals surface area contributed by atoms with Gasteiger partial charge < -0.3 is 14.5 Å². The van der Waals surface area contributed by atoms with E-state index in [1.165, 1.54) is 6.08 Å². The topological polar surface area (TPSA) is 85.5 Å². The van der Waals surface area contributed by atoms with Crippen molar-refractivity contribution in [2.45, 2.75) is 38.4 Å². The van der Waals surface area contributed by atoms with Gasteiger partial charge in [0.1, 0.15) is 11.6 Å². The lowest BCUT2D eigenvalue weighted by Crippen LogP contribution is -2.32. The van der Waals surface area contributed by atoms with E-state index in [0.29, 0.717) is 13.2 Å². The van der Waals surface area contributed by atoms with Gasteiger partial charge >= 0.3 is 0 Å². The van der Waals surface area contributed by atoms with Crippen LogP contribution in [0.3, 0.4) is 0 Å². The molecule has 0 aliphatic carbocycles. The first-order valence-electron chi connectivity index (χ1n) is 10.7. The molecule has 2 heterocycles. The maximum absolute atomic E-state index is 11.9. The third-order valence-corrected chi connectivity index (χ3v) is 5.00. The van der Waals surface area contributed by atoms with Gasteiger partial charge in [-0.1, -0.05) is 24.3 Å². The highest BCUT2D eigenvalue weighted by molar-refractivity contribution is 5.90. The van der Waals surface area contributed by atoms with Gasteiger partial charge in [0.15, 0.2) is 6.29 Å². The molecule has 0 saturated carbocycles. The lowest BCUT2D eigenvalue weighted by molar-refractivity contribution is -0.198. The molecule has 4 rings (SSSR count). The molecule has 3 aromatic rings. The molecule has 7 heteroatoms. The molecule has 1 saturated heterocycles. The highest BCUT2D eigenvalue weighted by Gasteiger charge is 2.14. The average Bonchev–Trinajstić information content (AvgIpc) is 3.23. The number of aromatic amines is 1. The molecule has 2 N–H and O–H groups in total. The van der Waals surface area contributed by atoms with Crippen molar-refractivity contribution in [2.75, 3.05) is 13.2 Å². The van der Waals surface area contributed by atoms with Crippen LogP contribution in [-0.4, -0.2) is 35.4 Å². The molecule has 1 aromatic heterocycles. The van der Waals surface area contributed by atoms with Crippen molar-refractivity contribution in [1.82, 2.24) is 15.4 Å². The van der Waals surface area contributed by atoms with E-state index in [1.807, 2.05) is 48.5 Å². The summed E-state index contributed by atoms with van der Waals surface area (Å²) in [5.41, 5.74) is 5.36.